The third-order valence-electron chi connectivity index (χ3n) is 6.22. The highest BCUT2D eigenvalue weighted by molar-refractivity contribution is 5.82. The van der Waals surface area contributed by atoms with Crippen LogP contribution in [0.25, 0.3) is 0 Å². The molecule has 1 amide bonds. The van der Waals surface area contributed by atoms with Gasteiger partial charge in [0.25, 0.3) is 5.91 Å². The van der Waals surface area contributed by atoms with Crippen molar-refractivity contribution in [3.63, 3.8) is 0 Å². The predicted octanol–water partition coefficient (Wildman–Crippen LogP) is 1.60. The van der Waals surface area contributed by atoms with E-state index in [4.69, 9.17) is 9.47 Å². The van der Waals surface area contributed by atoms with Crippen LogP contribution in [0.2, 0.25) is 0 Å². The minimum Gasteiger partial charge on any atom is -0.348 e. The van der Waals surface area contributed by atoms with Crippen LogP contribution in [-0.4, -0.2) is 44.0 Å². The van der Waals surface area contributed by atoms with E-state index in [1.807, 2.05) is 18.2 Å². The number of benzene rings is 1. The fourth-order valence-corrected chi connectivity index (χ4v) is 4.78. The zero-order valence-corrected chi connectivity index (χ0v) is 15.5. The lowest BCUT2D eigenvalue weighted by atomic mass is 9.94. The Kier molecular flexibility index (Phi) is 5.57. The van der Waals surface area contributed by atoms with E-state index in [0.717, 1.165) is 44.3 Å². The third kappa shape index (κ3) is 3.95. The maximum atomic E-state index is 13.2. The molecule has 3 aliphatic rings. The van der Waals surface area contributed by atoms with Gasteiger partial charge in [-0.2, -0.15) is 0 Å². The first-order chi connectivity index (χ1) is 12.8. The Bertz CT molecular complexity index is 585. The van der Waals surface area contributed by atoms with Gasteiger partial charge in [-0.25, -0.2) is 0 Å². The zero-order valence-electron chi connectivity index (χ0n) is 15.5. The first kappa shape index (κ1) is 18.0. The Morgan fingerprint density at radius 3 is 2.35 bits per heavy atom. The SMILES string of the molecule is O=C(NC1CCCCC1)C(c1ccccc1)[NH+]1CCC2(CC1)OCCO2. The molecule has 1 saturated carbocycles. The minimum atomic E-state index is -0.384. The number of amides is 1. The molecule has 142 valence electrons. The van der Waals surface area contributed by atoms with Crippen LogP contribution in [0, 0.1) is 0 Å². The van der Waals surface area contributed by atoms with E-state index in [1.165, 1.54) is 24.2 Å². The molecule has 0 radical (unpaired) electrons. The largest absolute Gasteiger partial charge is 0.348 e. The molecule has 2 heterocycles. The molecule has 1 spiro atoms. The average molecular weight is 359 g/mol. The molecule has 1 aromatic rings. The second-order valence-electron chi connectivity index (χ2n) is 7.95. The van der Waals surface area contributed by atoms with Gasteiger partial charge < -0.3 is 19.7 Å². The van der Waals surface area contributed by atoms with Crippen LogP contribution < -0.4 is 10.2 Å². The summed E-state index contributed by atoms with van der Waals surface area (Å²) in [6, 6.07) is 10.5. The lowest BCUT2D eigenvalue weighted by Crippen LogP contribution is -3.15. The van der Waals surface area contributed by atoms with Gasteiger partial charge in [0.15, 0.2) is 11.8 Å². The molecule has 2 aliphatic heterocycles. The molecule has 0 bridgehead atoms. The number of rotatable bonds is 4. The monoisotopic (exact) mass is 359 g/mol. The Morgan fingerprint density at radius 2 is 1.69 bits per heavy atom. The molecule has 26 heavy (non-hydrogen) atoms. The Labute approximate surface area is 156 Å². The average Bonchev–Trinajstić information content (AvgIpc) is 3.13. The van der Waals surface area contributed by atoms with Crippen LogP contribution in [0.3, 0.4) is 0 Å². The number of piperidine rings is 1. The van der Waals surface area contributed by atoms with Gasteiger partial charge in [0.05, 0.1) is 39.1 Å². The summed E-state index contributed by atoms with van der Waals surface area (Å²) >= 11 is 0. The number of carbonyl (C=O) groups excluding carboxylic acids is 1. The molecule has 2 saturated heterocycles. The molecule has 0 aromatic heterocycles. The van der Waals surface area contributed by atoms with Gasteiger partial charge in [0.1, 0.15) is 0 Å². The fourth-order valence-electron chi connectivity index (χ4n) is 4.78. The number of quaternary nitrogens is 1. The highest BCUT2D eigenvalue weighted by Gasteiger charge is 2.45. The van der Waals surface area contributed by atoms with Crippen LogP contribution in [0.15, 0.2) is 30.3 Å². The van der Waals surface area contributed by atoms with E-state index in [0.29, 0.717) is 19.3 Å². The van der Waals surface area contributed by atoms with E-state index >= 15 is 0 Å². The molecular weight excluding hydrogens is 328 g/mol. The van der Waals surface area contributed by atoms with Gasteiger partial charge in [0, 0.05) is 11.6 Å². The minimum absolute atomic E-state index is 0.142. The number of ether oxygens (including phenoxy) is 2. The van der Waals surface area contributed by atoms with E-state index in [-0.39, 0.29) is 17.7 Å². The highest BCUT2D eigenvalue weighted by Crippen LogP contribution is 2.28. The van der Waals surface area contributed by atoms with Crippen molar-refractivity contribution in [1.82, 2.24) is 5.32 Å². The summed E-state index contributed by atoms with van der Waals surface area (Å²) in [5.74, 6) is -0.202. The second kappa shape index (κ2) is 8.07. The van der Waals surface area contributed by atoms with Crippen molar-refractivity contribution in [2.45, 2.75) is 62.8 Å². The van der Waals surface area contributed by atoms with Crippen LogP contribution in [0.4, 0.5) is 0 Å². The molecule has 1 unspecified atom stereocenters. The normalized spacial score (nSPS) is 25.2. The summed E-state index contributed by atoms with van der Waals surface area (Å²) in [6.45, 7) is 3.19. The summed E-state index contributed by atoms with van der Waals surface area (Å²) in [6.07, 6.45) is 7.73. The fraction of sp³-hybridized carbons (Fsp3) is 0.667. The predicted molar refractivity (Wildman–Crippen MR) is 98.8 cm³/mol. The molecule has 1 atom stereocenters. The number of nitrogens with one attached hydrogen (secondary N) is 2. The number of hydrogen-bond acceptors (Lipinski definition) is 3. The quantitative estimate of drug-likeness (QED) is 0.859. The topological polar surface area (TPSA) is 52.0 Å². The first-order valence-corrected chi connectivity index (χ1v) is 10.2. The summed E-state index contributed by atoms with van der Waals surface area (Å²) in [4.78, 5) is 14.6. The zero-order chi connectivity index (χ0) is 17.8. The van der Waals surface area contributed by atoms with Gasteiger partial charge in [-0.05, 0) is 12.8 Å². The van der Waals surface area contributed by atoms with Crippen LogP contribution in [-0.2, 0) is 14.3 Å². The van der Waals surface area contributed by atoms with Gasteiger partial charge in [-0.1, -0.05) is 49.6 Å². The number of likely N-dealkylation sites (tertiary alicyclic amines) is 1. The number of carbonyl (C=O) groups is 1. The van der Waals surface area contributed by atoms with E-state index in [9.17, 15) is 4.79 Å². The Morgan fingerprint density at radius 1 is 1.04 bits per heavy atom. The third-order valence-corrected chi connectivity index (χ3v) is 6.22. The molecular formula is C21H31N2O3+. The smallest absolute Gasteiger partial charge is 0.283 e. The maximum Gasteiger partial charge on any atom is 0.283 e. The molecule has 2 N–H and O–H groups in total. The van der Waals surface area contributed by atoms with Crippen molar-refractivity contribution in [1.29, 1.82) is 0 Å². The molecule has 1 aliphatic carbocycles. The molecule has 4 rings (SSSR count). The molecule has 3 fully saturated rings. The van der Waals surface area contributed by atoms with Crippen molar-refractivity contribution in [2.75, 3.05) is 26.3 Å². The summed E-state index contributed by atoms with van der Waals surface area (Å²) < 4.78 is 11.7. The van der Waals surface area contributed by atoms with Gasteiger partial charge in [-0.3, -0.25) is 4.79 Å². The molecule has 1 aromatic carbocycles. The maximum absolute atomic E-state index is 13.2. The lowest BCUT2D eigenvalue weighted by molar-refractivity contribution is -0.930. The van der Waals surface area contributed by atoms with Crippen LogP contribution >= 0.6 is 0 Å². The van der Waals surface area contributed by atoms with Crippen LogP contribution in [0.5, 0.6) is 0 Å². The van der Waals surface area contributed by atoms with Crippen molar-refractivity contribution in [3.8, 4) is 0 Å². The van der Waals surface area contributed by atoms with Crippen LogP contribution in [0.1, 0.15) is 56.6 Å². The van der Waals surface area contributed by atoms with E-state index in [2.05, 4.69) is 17.4 Å². The second-order valence-corrected chi connectivity index (χ2v) is 7.95. The summed E-state index contributed by atoms with van der Waals surface area (Å²) in [5.41, 5.74) is 1.11. The molecule has 5 nitrogen and oxygen atoms in total. The van der Waals surface area contributed by atoms with Crippen molar-refractivity contribution >= 4 is 5.91 Å². The van der Waals surface area contributed by atoms with E-state index < -0.39 is 0 Å². The van der Waals surface area contributed by atoms with Gasteiger partial charge in [-0.15, -0.1) is 0 Å². The highest BCUT2D eigenvalue weighted by atomic mass is 16.7. The van der Waals surface area contributed by atoms with Gasteiger partial charge in [0.2, 0.25) is 0 Å². The van der Waals surface area contributed by atoms with E-state index in [1.54, 1.807) is 0 Å². The standard InChI is InChI=1S/C21H30N2O3/c24-20(22-18-9-5-2-6-10-18)19(17-7-3-1-4-8-17)23-13-11-21(12-14-23)25-15-16-26-21/h1,3-4,7-8,18-19H,2,5-6,9-16H2,(H,22,24)/p+1. The lowest BCUT2D eigenvalue weighted by Gasteiger charge is -2.38. The van der Waals surface area contributed by atoms with Crippen molar-refractivity contribution in [3.05, 3.63) is 35.9 Å². The summed E-state index contributed by atoms with van der Waals surface area (Å²) in [7, 11) is 0. The Hall–Kier alpha value is -1.43. The Balaban J connectivity index is 1.47. The number of hydrogen-bond donors (Lipinski definition) is 2. The van der Waals surface area contributed by atoms with Crippen molar-refractivity contribution in [2.24, 2.45) is 0 Å². The van der Waals surface area contributed by atoms with Gasteiger partial charge >= 0.3 is 0 Å². The van der Waals surface area contributed by atoms with Crippen molar-refractivity contribution < 1.29 is 19.2 Å². The summed E-state index contributed by atoms with van der Waals surface area (Å²) in [5, 5.41) is 3.35. The first-order valence-electron chi connectivity index (χ1n) is 10.2. The molecule has 5 heteroatoms.